The van der Waals surface area contributed by atoms with Crippen molar-refractivity contribution >= 4 is 0 Å². The summed E-state index contributed by atoms with van der Waals surface area (Å²) in [4.78, 5) is 0. The van der Waals surface area contributed by atoms with Crippen LogP contribution in [-0.4, -0.2) is 58.0 Å². The molecule has 4 aromatic carbocycles. The summed E-state index contributed by atoms with van der Waals surface area (Å²) in [5.41, 5.74) is 6.72. The molecule has 0 N–H and O–H groups in total. The second kappa shape index (κ2) is 10.7. The Morgan fingerprint density at radius 1 is 0.436 bits per heavy atom. The van der Waals surface area contributed by atoms with Gasteiger partial charge < -0.3 is 28.4 Å². The highest BCUT2D eigenvalue weighted by Crippen LogP contribution is 2.35. The van der Waals surface area contributed by atoms with E-state index in [-0.39, 0.29) is 18.3 Å². The molecule has 3 saturated heterocycles. The smallest absolute Gasteiger partial charge is 0.120 e. The first-order valence-electron chi connectivity index (χ1n) is 13.4. The van der Waals surface area contributed by atoms with E-state index < -0.39 is 0 Å². The van der Waals surface area contributed by atoms with Crippen LogP contribution < -0.4 is 14.2 Å². The van der Waals surface area contributed by atoms with Crippen molar-refractivity contribution in [3.05, 3.63) is 91.0 Å². The molecule has 0 amide bonds. The fraction of sp³-hybridized carbons (Fsp3) is 0.273. The molecule has 3 aliphatic heterocycles. The summed E-state index contributed by atoms with van der Waals surface area (Å²) in [5, 5.41) is 0. The fourth-order valence-corrected chi connectivity index (χ4v) is 4.44. The lowest BCUT2D eigenvalue weighted by atomic mass is 9.93. The molecular weight excluding hydrogens is 492 g/mol. The minimum Gasteiger partial charge on any atom is -0.491 e. The van der Waals surface area contributed by atoms with E-state index in [1.54, 1.807) is 0 Å². The zero-order chi connectivity index (χ0) is 26.0. The van der Waals surface area contributed by atoms with E-state index in [0.29, 0.717) is 19.8 Å². The van der Waals surface area contributed by atoms with Crippen LogP contribution in [0.3, 0.4) is 0 Å². The van der Waals surface area contributed by atoms with Gasteiger partial charge in [0.15, 0.2) is 0 Å². The molecule has 0 bridgehead atoms. The lowest BCUT2D eigenvalue weighted by molar-refractivity contribution is 0.263. The van der Waals surface area contributed by atoms with Gasteiger partial charge in [-0.1, -0.05) is 36.4 Å². The van der Waals surface area contributed by atoms with E-state index in [0.717, 1.165) is 70.4 Å². The molecule has 4 aromatic rings. The van der Waals surface area contributed by atoms with Crippen molar-refractivity contribution in [2.24, 2.45) is 0 Å². The summed E-state index contributed by atoms with van der Waals surface area (Å²) in [7, 11) is 0. The number of hydrogen-bond acceptors (Lipinski definition) is 6. The molecule has 6 heteroatoms. The van der Waals surface area contributed by atoms with Gasteiger partial charge >= 0.3 is 0 Å². The molecular formula is C33H30O6. The molecule has 7 rings (SSSR count). The third kappa shape index (κ3) is 6.42. The monoisotopic (exact) mass is 522 g/mol. The van der Waals surface area contributed by atoms with Crippen LogP contribution in [-0.2, 0) is 14.2 Å². The van der Waals surface area contributed by atoms with Gasteiger partial charge in [-0.25, -0.2) is 0 Å². The summed E-state index contributed by atoms with van der Waals surface area (Å²) in [6.07, 6.45) is 0.690. The van der Waals surface area contributed by atoms with Crippen LogP contribution in [0.15, 0.2) is 91.0 Å². The predicted octanol–water partition coefficient (Wildman–Crippen LogP) is 6.02. The number of benzene rings is 4. The number of epoxide rings is 3. The maximum Gasteiger partial charge on any atom is 0.120 e. The second-order valence-electron chi connectivity index (χ2n) is 10.2. The molecule has 6 nitrogen and oxygen atoms in total. The van der Waals surface area contributed by atoms with E-state index in [1.807, 2.05) is 36.4 Å². The molecule has 0 aliphatic carbocycles. The number of ether oxygens (including phenoxy) is 6. The topological polar surface area (TPSA) is 65.3 Å². The molecule has 0 saturated carbocycles. The molecule has 0 spiro atoms. The van der Waals surface area contributed by atoms with Crippen molar-refractivity contribution in [3.63, 3.8) is 0 Å². The van der Waals surface area contributed by atoms with Gasteiger partial charge in [0.2, 0.25) is 0 Å². The minimum absolute atomic E-state index is 0.219. The average molecular weight is 523 g/mol. The third-order valence-corrected chi connectivity index (χ3v) is 6.99. The van der Waals surface area contributed by atoms with Gasteiger partial charge in [0, 0.05) is 0 Å². The zero-order valence-electron chi connectivity index (χ0n) is 21.6. The van der Waals surface area contributed by atoms with E-state index >= 15 is 0 Å². The zero-order valence-corrected chi connectivity index (χ0v) is 21.6. The number of hydrogen-bond donors (Lipinski definition) is 0. The number of rotatable bonds is 12. The highest BCUT2D eigenvalue weighted by molar-refractivity contribution is 5.81. The van der Waals surface area contributed by atoms with Crippen LogP contribution in [0.2, 0.25) is 0 Å². The first-order valence-corrected chi connectivity index (χ1v) is 13.4. The highest BCUT2D eigenvalue weighted by Gasteiger charge is 2.24. The fourth-order valence-electron chi connectivity index (χ4n) is 4.44. The van der Waals surface area contributed by atoms with Crippen molar-refractivity contribution in [1.29, 1.82) is 0 Å². The van der Waals surface area contributed by atoms with E-state index in [1.165, 1.54) is 0 Å². The molecule has 3 fully saturated rings. The Labute approximate surface area is 228 Å². The average Bonchev–Trinajstić information content (AvgIpc) is 3.83. The summed E-state index contributed by atoms with van der Waals surface area (Å²) in [6, 6.07) is 31.5. The Kier molecular flexibility index (Phi) is 6.66. The predicted molar refractivity (Wildman–Crippen MR) is 148 cm³/mol. The first kappa shape index (κ1) is 24.2. The Bertz CT molecular complexity index is 1340. The minimum atomic E-state index is 0.219. The van der Waals surface area contributed by atoms with E-state index in [4.69, 9.17) is 28.4 Å². The molecule has 3 unspecified atom stereocenters. The maximum absolute atomic E-state index is 5.97. The lowest BCUT2D eigenvalue weighted by Gasteiger charge is -2.13. The Balaban J connectivity index is 1.19. The van der Waals surface area contributed by atoms with Crippen molar-refractivity contribution in [1.82, 2.24) is 0 Å². The Morgan fingerprint density at radius 2 is 0.846 bits per heavy atom. The van der Waals surface area contributed by atoms with Gasteiger partial charge in [0.25, 0.3) is 0 Å². The van der Waals surface area contributed by atoms with Crippen molar-refractivity contribution in [2.45, 2.75) is 18.3 Å². The largest absolute Gasteiger partial charge is 0.491 e. The quantitative estimate of drug-likeness (QED) is 0.212. The Morgan fingerprint density at radius 3 is 1.28 bits per heavy atom. The molecule has 3 atom stereocenters. The van der Waals surface area contributed by atoms with Crippen LogP contribution in [0, 0.1) is 0 Å². The van der Waals surface area contributed by atoms with Gasteiger partial charge in [-0.2, -0.15) is 0 Å². The molecule has 39 heavy (non-hydrogen) atoms. The van der Waals surface area contributed by atoms with Crippen LogP contribution in [0.25, 0.3) is 33.4 Å². The molecule has 198 valence electrons. The summed E-state index contributed by atoms with van der Waals surface area (Å²) >= 11 is 0. The summed E-state index contributed by atoms with van der Waals surface area (Å²) in [5.74, 6) is 2.54. The van der Waals surface area contributed by atoms with Gasteiger partial charge in [0.1, 0.15) is 55.4 Å². The van der Waals surface area contributed by atoms with Crippen LogP contribution in [0.1, 0.15) is 0 Å². The van der Waals surface area contributed by atoms with Crippen LogP contribution >= 0.6 is 0 Å². The second-order valence-corrected chi connectivity index (χ2v) is 10.2. The molecule has 0 aromatic heterocycles. The third-order valence-electron chi connectivity index (χ3n) is 6.99. The Hall–Kier alpha value is -3.84. The van der Waals surface area contributed by atoms with Crippen LogP contribution in [0.4, 0.5) is 0 Å². The van der Waals surface area contributed by atoms with Crippen molar-refractivity contribution in [2.75, 3.05) is 39.6 Å². The highest BCUT2D eigenvalue weighted by atomic mass is 16.6. The van der Waals surface area contributed by atoms with Gasteiger partial charge in [0.05, 0.1) is 19.8 Å². The van der Waals surface area contributed by atoms with Gasteiger partial charge in [-0.15, -0.1) is 0 Å². The standard InChI is InChI=1S/C33H30O6/c1-2-24(15-30(3-1)36-18-33-21-39-33)27-13-25(22-4-8-28(9-5-22)34-16-31-19-37-31)12-26(14-27)23-6-10-29(11-7-23)35-17-32-20-38-32/h1-15,31-33H,16-21H2. The normalized spacial score (nSPS) is 20.8. The van der Waals surface area contributed by atoms with E-state index in [2.05, 4.69) is 54.6 Å². The van der Waals surface area contributed by atoms with Gasteiger partial charge in [-0.3, -0.25) is 0 Å². The van der Waals surface area contributed by atoms with Crippen molar-refractivity contribution in [3.8, 4) is 50.6 Å². The first-order chi connectivity index (χ1) is 19.2. The van der Waals surface area contributed by atoms with E-state index in [9.17, 15) is 0 Å². The molecule has 3 heterocycles. The van der Waals surface area contributed by atoms with Crippen LogP contribution in [0.5, 0.6) is 17.2 Å². The van der Waals surface area contributed by atoms with Crippen molar-refractivity contribution < 1.29 is 28.4 Å². The molecule has 3 aliphatic rings. The summed E-state index contributed by atoms with van der Waals surface area (Å²) < 4.78 is 33.5. The summed E-state index contributed by atoms with van der Waals surface area (Å²) in [6.45, 7) is 4.13. The molecule has 0 radical (unpaired) electrons. The SMILES string of the molecule is c1cc(OCC2CO2)cc(-c2cc(-c3ccc(OCC4CO4)cc3)cc(-c3ccc(OCC4CO4)cc3)c2)c1. The lowest BCUT2D eigenvalue weighted by Crippen LogP contribution is -2.03. The van der Waals surface area contributed by atoms with Gasteiger partial charge in [-0.05, 0) is 88.0 Å². The maximum atomic E-state index is 5.97.